The van der Waals surface area contributed by atoms with Crippen LogP contribution in [-0.4, -0.2) is 17.8 Å². The van der Waals surface area contributed by atoms with Gasteiger partial charge in [0.15, 0.2) is 5.37 Å². The van der Waals surface area contributed by atoms with Gasteiger partial charge in [-0.1, -0.05) is 41.0 Å². The summed E-state index contributed by atoms with van der Waals surface area (Å²) in [4.78, 5) is 10.7. The van der Waals surface area contributed by atoms with Crippen LogP contribution < -0.4 is 10.4 Å². The number of carbonyl (C=O) groups is 1. The normalized spacial score (nSPS) is 24.6. The fourth-order valence-corrected chi connectivity index (χ4v) is 3.78. The molecule has 0 bridgehead atoms. The molecule has 2 rings (SSSR count). The molecule has 1 heterocycles. The molecule has 1 fully saturated rings. The van der Waals surface area contributed by atoms with Crippen molar-refractivity contribution in [3.05, 3.63) is 33.8 Å². The molecule has 16 heavy (non-hydrogen) atoms. The third-order valence-electron chi connectivity index (χ3n) is 2.45. The minimum absolute atomic E-state index is 0.0656. The first-order valence-electron chi connectivity index (χ1n) is 4.71. The zero-order valence-corrected chi connectivity index (χ0v) is 10.5. The number of carboxylic acids is 1. The van der Waals surface area contributed by atoms with E-state index in [2.05, 4.69) is 0 Å². The van der Waals surface area contributed by atoms with Crippen LogP contribution in [0, 0.1) is 0 Å². The van der Waals surface area contributed by atoms with Crippen LogP contribution in [-0.2, 0) is 4.79 Å². The van der Waals surface area contributed by atoms with Crippen molar-refractivity contribution in [1.82, 2.24) is 0 Å². The van der Waals surface area contributed by atoms with Crippen LogP contribution in [0.1, 0.15) is 10.9 Å². The van der Waals surface area contributed by atoms with Gasteiger partial charge >= 0.3 is 0 Å². The van der Waals surface area contributed by atoms with Crippen LogP contribution in [0.2, 0.25) is 10.0 Å². The highest BCUT2D eigenvalue weighted by Crippen LogP contribution is 2.36. The molecule has 0 spiro atoms. The minimum Gasteiger partial charge on any atom is -0.544 e. The Morgan fingerprint density at radius 3 is 2.56 bits per heavy atom. The maximum absolute atomic E-state index is 10.7. The minimum atomic E-state index is -1.04. The molecule has 0 unspecified atom stereocenters. The number of hydrogen-bond acceptors (Lipinski definition) is 3. The number of rotatable bonds is 2. The first kappa shape index (κ1) is 12.0. The highest BCUT2D eigenvalue weighted by Gasteiger charge is 2.33. The second-order valence-corrected chi connectivity index (χ2v) is 5.50. The van der Waals surface area contributed by atoms with Gasteiger partial charge < -0.3 is 15.2 Å². The fraction of sp³-hybridized carbons (Fsp3) is 0.300. The smallest absolute Gasteiger partial charge is 0.162 e. The van der Waals surface area contributed by atoms with Crippen LogP contribution in [0.15, 0.2) is 18.2 Å². The summed E-state index contributed by atoms with van der Waals surface area (Å²) in [6.07, 6.45) is 0. The fourth-order valence-electron chi connectivity index (χ4n) is 1.64. The number of hydrogen-bond donors (Lipinski definition) is 1. The molecule has 3 nitrogen and oxygen atoms in total. The number of halogens is 2. The molecule has 0 aliphatic carbocycles. The molecule has 1 saturated heterocycles. The van der Waals surface area contributed by atoms with E-state index < -0.39 is 12.0 Å². The molecule has 0 radical (unpaired) electrons. The maximum Gasteiger partial charge on any atom is 0.162 e. The second-order valence-electron chi connectivity index (χ2n) is 3.51. The highest BCUT2D eigenvalue weighted by atomic mass is 35.5. The molecule has 1 aliphatic rings. The van der Waals surface area contributed by atoms with E-state index in [4.69, 9.17) is 23.2 Å². The Morgan fingerprint density at radius 2 is 2.06 bits per heavy atom. The molecule has 0 amide bonds. The van der Waals surface area contributed by atoms with Gasteiger partial charge in [-0.3, -0.25) is 0 Å². The Balaban J connectivity index is 2.24. The largest absolute Gasteiger partial charge is 0.544 e. The van der Waals surface area contributed by atoms with E-state index >= 15 is 0 Å². The number of carbonyl (C=O) groups excluding carboxylic acids is 1. The molecule has 0 aromatic heterocycles. The first-order valence-corrected chi connectivity index (χ1v) is 6.51. The topological polar surface area (TPSA) is 56.7 Å². The summed E-state index contributed by atoms with van der Waals surface area (Å²) >= 11 is 13.6. The van der Waals surface area contributed by atoms with E-state index in [9.17, 15) is 9.90 Å². The maximum atomic E-state index is 10.7. The van der Waals surface area contributed by atoms with Gasteiger partial charge in [0, 0.05) is 0 Å². The Labute approximate surface area is 107 Å². The summed E-state index contributed by atoms with van der Waals surface area (Å²) in [5.41, 5.74) is 0.791. The quantitative estimate of drug-likeness (QED) is 0.853. The molecular formula is C10H9Cl2NO2S. The van der Waals surface area contributed by atoms with Crippen LogP contribution in [0.5, 0.6) is 0 Å². The summed E-state index contributed by atoms with van der Waals surface area (Å²) < 4.78 is 0. The van der Waals surface area contributed by atoms with Crippen LogP contribution >= 0.6 is 35.0 Å². The van der Waals surface area contributed by atoms with Crippen LogP contribution in [0.25, 0.3) is 0 Å². The summed E-state index contributed by atoms with van der Waals surface area (Å²) in [5, 5.41) is 13.5. The van der Waals surface area contributed by atoms with E-state index in [0.29, 0.717) is 15.8 Å². The van der Waals surface area contributed by atoms with Gasteiger partial charge in [0.25, 0.3) is 0 Å². The van der Waals surface area contributed by atoms with E-state index in [0.717, 1.165) is 5.56 Å². The molecular weight excluding hydrogens is 269 g/mol. The predicted octanol–water partition coefficient (Wildman–Crippen LogP) is 0.421. The monoisotopic (exact) mass is 277 g/mol. The van der Waals surface area contributed by atoms with Gasteiger partial charge in [-0.15, -0.1) is 0 Å². The van der Waals surface area contributed by atoms with Crippen molar-refractivity contribution in [3.8, 4) is 0 Å². The molecule has 0 saturated carbocycles. The molecule has 2 N–H and O–H groups in total. The number of benzene rings is 1. The summed E-state index contributed by atoms with van der Waals surface area (Å²) in [5.74, 6) is -0.535. The van der Waals surface area contributed by atoms with Gasteiger partial charge in [-0.2, -0.15) is 0 Å². The van der Waals surface area contributed by atoms with Crippen molar-refractivity contribution < 1.29 is 15.2 Å². The highest BCUT2D eigenvalue weighted by molar-refractivity contribution is 7.99. The lowest BCUT2D eigenvalue weighted by Crippen LogP contribution is -2.90. The number of quaternary nitrogens is 1. The van der Waals surface area contributed by atoms with Crippen molar-refractivity contribution in [2.75, 3.05) is 5.75 Å². The molecule has 86 valence electrons. The zero-order valence-electron chi connectivity index (χ0n) is 8.15. The summed E-state index contributed by atoms with van der Waals surface area (Å²) in [7, 11) is 0. The van der Waals surface area contributed by atoms with Crippen LogP contribution in [0.4, 0.5) is 0 Å². The average Bonchev–Trinajstić information content (AvgIpc) is 2.66. The third kappa shape index (κ3) is 2.30. The van der Waals surface area contributed by atoms with E-state index in [1.165, 1.54) is 11.8 Å². The zero-order chi connectivity index (χ0) is 11.7. The van der Waals surface area contributed by atoms with E-state index in [1.807, 2.05) is 0 Å². The van der Waals surface area contributed by atoms with E-state index in [-0.39, 0.29) is 5.37 Å². The number of carboxylic acid groups (broad SMARTS) is 1. The van der Waals surface area contributed by atoms with Gasteiger partial charge in [0.05, 0.1) is 21.4 Å². The van der Waals surface area contributed by atoms with Gasteiger partial charge in [0.2, 0.25) is 0 Å². The number of aliphatic carboxylic acids is 1. The number of thioether (sulfide) groups is 1. The Bertz CT molecular complexity index is 407. The lowest BCUT2D eigenvalue weighted by Gasteiger charge is -2.13. The second kappa shape index (κ2) is 4.84. The molecule has 1 aliphatic heterocycles. The third-order valence-corrected chi connectivity index (χ3v) is 4.41. The Hall–Kier alpha value is -0.420. The van der Waals surface area contributed by atoms with Crippen LogP contribution in [0.3, 0.4) is 0 Å². The summed E-state index contributed by atoms with van der Waals surface area (Å²) in [6.45, 7) is 0. The summed E-state index contributed by atoms with van der Waals surface area (Å²) in [6, 6.07) is 4.75. The van der Waals surface area contributed by atoms with Gasteiger partial charge in [0.1, 0.15) is 12.0 Å². The van der Waals surface area contributed by atoms with Gasteiger partial charge in [-0.25, -0.2) is 0 Å². The first-order chi connectivity index (χ1) is 7.59. The van der Waals surface area contributed by atoms with Crippen molar-refractivity contribution in [2.45, 2.75) is 11.4 Å². The molecule has 1 aromatic rings. The Kier molecular flexibility index (Phi) is 3.64. The standard InChI is InChI=1S/C10H9Cl2NO2S/c11-5-2-1-3-6(12)8(5)9-13-7(4-16-9)10(14)15/h1-3,7,9,13H,4H2,(H,14,15)/t7-,9-/m1/s1. The molecule has 2 atom stereocenters. The van der Waals surface area contributed by atoms with Crippen molar-refractivity contribution in [2.24, 2.45) is 0 Å². The SMILES string of the molecule is O=C([O-])[C@H]1CS[C@H](c2c(Cl)cccc2Cl)[NH2+]1. The lowest BCUT2D eigenvalue weighted by atomic mass is 10.2. The van der Waals surface area contributed by atoms with E-state index in [1.54, 1.807) is 23.5 Å². The lowest BCUT2D eigenvalue weighted by molar-refractivity contribution is -0.690. The predicted molar refractivity (Wildman–Crippen MR) is 62.4 cm³/mol. The Morgan fingerprint density at radius 1 is 1.44 bits per heavy atom. The number of nitrogens with two attached hydrogens (primary N) is 1. The van der Waals surface area contributed by atoms with Gasteiger partial charge in [-0.05, 0) is 12.1 Å². The van der Waals surface area contributed by atoms with Crippen molar-refractivity contribution in [1.29, 1.82) is 0 Å². The van der Waals surface area contributed by atoms with Crippen molar-refractivity contribution in [3.63, 3.8) is 0 Å². The molecule has 6 heteroatoms. The average molecular weight is 278 g/mol. The van der Waals surface area contributed by atoms with Crippen molar-refractivity contribution >= 4 is 40.9 Å². The molecule has 1 aromatic carbocycles.